The van der Waals surface area contributed by atoms with Crippen molar-refractivity contribution in [1.82, 2.24) is 9.97 Å². The highest BCUT2D eigenvalue weighted by Crippen LogP contribution is 2.52. The number of fused-ring (bicyclic) bond motifs is 12. The van der Waals surface area contributed by atoms with Crippen LogP contribution >= 0.6 is 0 Å². The van der Waals surface area contributed by atoms with Gasteiger partial charge in [-0.05, 0) is 92.0 Å². The Bertz CT molecular complexity index is 3500. The van der Waals surface area contributed by atoms with Crippen LogP contribution in [0.5, 0.6) is 0 Å². The van der Waals surface area contributed by atoms with Gasteiger partial charge in [0.15, 0.2) is 0 Å². The van der Waals surface area contributed by atoms with E-state index < -0.39 is 0 Å². The van der Waals surface area contributed by atoms with Gasteiger partial charge in [-0.3, -0.25) is 4.98 Å². The number of rotatable bonds is 5. The van der Waals surface area contributed by atoms with Crippen LogP contribution in [0.3, 0.4) is 0 Å². The van der Waals surface area contributed by atoms with Crippen molar-refractivity contribution in [1.29, 1.82) is 0 Å². The first kappa shape index (κ1) is 33.5. The van der Waals surface area contributed by atoms with Gasteiger partial charge in [0.05, 0.1) is 22.9 Å². The first-order valence-electron chi connectivity index (χ1n) is 20.2. The van der Waals surface area contributed by atoms with Gasteiger partial charge in [-0.15, -0.1) is 6.58 Å². The number of para-hydroxylation sites is 2. The maximum atomic E-state index is 6.44. The summed E-state index contributed by atoms with van der Waals surface area (Å²) >= 11 is 0. The molecule has 0 amide bonds. The molecule has 3 nitrogen and oxygen atoms in total. The molecule has 9 aromatic carbocycles. The third-order valence-electron chi connectivity index (χ3n) is 12.7. The van der Waals surface area contributed by atoms with E-state index in [0.29, 0.717) is 0 Å². The lowest BCUT2D eigenvalue weighted by Gasteiger charge is -2.24. The third-order valence-corrected chi connectivity index (χ3v) is 12.7. The molecule has 0 fully saturated rings. The summed E-state index contributed by atoms with van der Waals surface area (Å²) in [6.07, 6.45) is 4.02. The molecule has 0 radical (unpaired) electrons. The second kappa shape index (κ2) is 12.7. The zero-order valence-corrected chi connectivity index (χ0v) is 32.4. The lowest BCUT2D eigenvalue weighted by Crippen LogP contribution is -2.17. The molecule has 3 heteroatoms. The summed E-state index contributed by atoms with van der Waals surface area (Å²) < 4.78 is 6.44. The topological polar surface area (TPSA) is 38.9 Å². The summed E-state index contributed by atoms with van der Waals surface area (Å²) in [5.74, 6) is 0. The van der Waals surface area contributed by atoms with Crippen molar-refractivity contribution in [2.24, 2.45) is 0 Å². The molecule has 0 saturated heterocycles. The molecule has 2 aromatic heterocycles. The molecule has 0 aliphatic heterocycles. The van der Waals surface area contributed by atoms with Crippen molar-refractivity contribution in [3.8, 4) is 55.8 Å². The normalized spacial score (nSPS) is 14.7. The largest absolute Gasteiger partial charge is 0.455 e. The van der Waals surface area contributed by atoms with Gasteiger partial charge in [0.1, 0.15) is 11.2 Å². The molecule has 1 aliphatic rings. The molecule has 2 heterocycles. The molecule has 1 unspecified atom stereocenters. The maximum Gasteiger partial charge on any atom is 0.143 e. The Labute approximate surface area is 341 Å². The predicted molar refractivity (Wildman–Crippen MR) is 246 cm³/mol. The minimum absolute atomic E-state index is 0.357. The Balaban J connectivity index is 0.870. The van der Waals surface area contributed by atoms with Crippen LogP contribution in [0.15, 0.2) is 199 Å². The van der Waals surface area contributed by atoms with Crippen molar-refractivity contribution < 1.29 is 4.42 Å². The summed E-state index contributed by atoms with van der Waals surface area (Å²) in [6, 6.07) is 63.0. The fourth-order valence-corrected chi connectivity index (χ4v) is 9.58. The molecule has 0 saturated carbocycles. The highest BCUT2D eigenvalue weighted by Gasteiger charge is 2.37. The van der Waals surface area contributed by atoms with Crippen LogP contribution in [-0.2, 0) is 5.41 Å². The van der Waals surface area contributed by atoms with Crippen LogP contribution in [0.2, 0.25) is 0 Å². The van der Waals surface area contributed by atoms with Gasteiger partial charge < -0.3 is 4.42 Å². The predicted octanol–water partition coefficient (Wildman–Crippen LogP) is 15.0. The van der Waals surface area contributed by atoms with Crippen molar-refractivity contribution in [2.75, 3.05) is 0 Å². The van der Waals surface area contributed by atoms with Crippen molar-refractivity contribution in [2.45, 2.75) is 12.3 Å². The molecule has 1 atom stereocenters. The number of aromatic nitrogens is 2. The van der Waals surface area contributed by atoms with Crippen LogP contribution < -0.4 is 0 Å². The SMILES string of the molecule is C=CC1(C)c2cc(-c3ccc(-c4cccc(-c5cnc6c7ccccc7c7ccccc7c6n5)c4)cc3)ccc2-c2ccc(-c3cccc4c3oc3ccccc34)cc21. The van der Waals surface area contributed by atoms with Crippen LogP contribution in [0.4, 0.5) is 0 Å². The average Bonchev–Trinajstić information content (AvgIpc) is 3.81. The Morgan fingerprint density at radius 1 is 0.458 bits per heavy atom. The van der Waals surface area contributed by atoms with Gasteiger partial charge >= 0.3 is 0 Å². The number of furan rings is 1. The van der Waals surface area contributed by atoms with Crippen LogP contribution in [0, 0.1) is 0 Å². The zero-order valence-electron chi connectivity index (χ0n) is 32.4. The monoisotopic (exact) mass is 752 g/mol. The van der Waals surface area contributed by atoms with E-state index in [2.05, 4.69) is 183 Å². The Kier molecular flexibility index (Phi) is 7.21. The van der Waals surface area contributed by atoms with E-state index in [1.54, 1.807) is 0 Å². The van der Waals surface area contributed by atoms with Gasteiger partial charge in [-0.1, -0.05) is 158 Å². The Morgan fingerprint density at radius 2 is 1.00 bits per heavy atom. The molecule has 1 aliphatic carbocycles. The standard InChI is InChI=1S/C56H36N2O/c1-3-56(2)49-31-37(26-28-43(49)44-29-27-38(32-50(44)56)40-19-11-20-48-45-16-8-9-21-52(45)59-55(40)48)35-24-22-34(23-25-35)36-12-10-13-39(30-36)51-33-57-53-46-17-6-4-14-41(46)42-15-5-7-18-47(42)54(53)58-51/h3-33H,1H2,2H3. The van der Waals surface area contributed by atoms with Gasteiger partial charge in [0.2, 0.25) is 0 Å². The number of hydrogen-bond acceptors (Lipinski definition) is 3. The quantitative estimate of drug-likeness (QED) is 0.130. The van der Waals surface area contributed by atoms with Crippen LogP contribution in [0.1, 0.15) is 18.1 Å². The van der Waals surface area contributed by atoms with E-state index in [1.165, 1.54) is 44.2 Å². The summed E-state index contributed by atoms with van der Waals surface area (Å²) in [5.41, 5.74) is 17.2. The number of nitrogens with zero attached hydrogens (tertiary/aromatic N) is 2. The van der Waals surface area contributed by atoms with E-state index in [4.69, 9.17) is 14.4 Å². The van der Waals surface area contributed by atoms with E-state index in [9.17, 15) is 0 Å². The minimum Gasteiger partial charge on any atom is -0.455 e. The molecule has 0 spiro atoms. The lowest BCUT2D eigenvalue weighted by atomic mass is 9.79. The Hall–Kier alpha value is -7.62. The number of hydrogen-bond donors (Lipinski definition) is 0. The van der Waals surface area contributed by atoms with Gasteiger partial charge in [-0.25, -0.2) is 4.98 Å². The van der Waals surface area contributed by atoms with E-state index in [0.717, 1.165) is 77.3 Å². The molecular formula is C56H36N2O. The highest BCUT2D eigenvalue weighted by molar-refractivity contribution is 6.23. The van der Waals surface area contributed by atoms with Crippen molar-refractivity contribution in [3.63, 3.8) is 0 Å². The fourth-order valence-electron chi connectivity index (χ4n) is 9.58. The fraction of sp³-hybridized carbons (Fsp3) is 0.0357. The smallest absolute Gasteiger partial charge is 0.143 e. The second-order valence-corrected chi connectivity index (χ2v) is 15.9. The number of allylic oxidation sites excluding steroid dienone is 1. The lowest BCUT2D eigenvalue weighted by molar-refractivity contribution is 0.670. The summed E-state index contributed by atoms with van der Waals surface area (Å²) in [7, 11) is 0. The van der Waals surface area contributed by atoms with Gasteiger partial charge in [0.25, 0.3) is 0 Å². The van der Waals surface area contributed by atoms with Crippen LogP contribution in [0.25, 0.3) is 110 Å². The molecule has 276 valence electrons. The molecule has 0 bridgehead atoms. The maximum absolute atomic E-state index is 6.44. The van der Waals surface area contributed by atoms with E-state index >= 15 is 0 Å². The minimum atomic E-state index is -0.357. The first-order chi connectivity index (χ1) is 29.1. The van der Waals surface area contributed by atoms with Crippen LogP contribution in [-0.4, -0.2) is 9.97 Å². The van der Waals surface area contributed by atoms with E-state index in [-0.39, 0.29) is 5.41 Å². The van der Waals surface area contributed by atoms with Gasteiger partial charge in [0, 0.05) is 38.1 Å². The highest BCUT2D eigenvalue weighted by atomic mass is 16.3. The zero-order chi connectivity index (χ0) is 39.2. The first-order valence-corrected chi connectivity index (χ1v) is 20.2. The van der Waals surface area contributed by atoms with E-state index in [1.807, 2.05) is 18.3 Å². The number of benzene rings is 9. The third kappa shape index (κ3) is 5.01. The molecular weight excluding hydrogens is 717 g/mol. The van der Waals surface area contributed by atoms with Gasteiger partial charge in [-0.2, -0.15) is 0 Å². The van der Waals surface area contributed by atoms with Crippen molar-refractivity contribution >= 4 is 54.5 Å². The molecule has 0 N–H and O–H groups in total. The second-order valence-electron chi connectivity index (χ2n) is 15.9. The average molecular weight is 753 g/mol. The summed E-state index contributed by atoms with van der Waals surface area (Å²) in [6.45, 7) is 6.68. The molecule has 59 heavy (non-hydrogen) atoms. The summed E-state index contributed by atoms with van der Waals surface area (Å²) in [5, 5.41) is 6.91. The van der Waals surface area contributed by atoms with Crippen molar-refractivity contribution in [3.05, 3.63) is 206 Å². The molecule has 11 aromatic rings. The summed E-state index contributed by atoms with van der Waals surface area (Å²) in [4.78, 5) is 10.2. The molecule has 12 rings (SSSR count). The Morgan fingerprint density at radius 3 is 1.71 bits per heavy atom.